The van der Waals surface area contributed by atoms with Gasteiger partial charge in [-0.2, -0.15) is 0 Å². The second-order valence-electron chi connectivity index (χ2n) is 2.62. The zero-order chi connectivity index (χ0) is 8.65. The van der Waals surface area contributed by atoms with Crippen LogP contribution in [-0.4, -0.2) is 31.2 Å². The molecule has 0 amide bonds. The van der Waals surface area contributed by atoms with Gasteiger partial charge in [-0.1, -0.05) is 11.8 Å². The van der Waals surface area contributed by atoms with Crippen LogP contribution in [0.2, 0.25) is 0 Å². The van der Waals surface area contributed by atoms with Crippen molar-refractivity contribution in [3.63, 3.8) is 0 Å². The van der Waals surface area contributed by atoms with E-state index in [2.05, 4.69) is 11.8 Å². The molecule has 1 unspecified atom stereocenters. The molecule has 1 atom stereocenters. The summed E-state index contributed by atoms with van der Waals surface area (Å²) < 4.78 is 10.6. The molecule has 3 nitrogen and oxygen atoms in total. The van der Waals surface area contributed by atoms with Crippen LogP contribution in [0.15, 0.2) is 0 Å². The van der Waals surface area contributed by atoms with E-state index in [1.165, 1.54) is 0 Å². The summed E-state index contributed by atoms with van der Waals surface area (Å²) in [5.41, 5.74) is 0. The summed E-state index contributed by atoms with van der Waals surface area (Å²) >= 11 is 0. The van der Waals surface area contributed by atoms with E-state index in [9.17, 15) is 0 Å². The molecule has 0 aromatic rings. The van der Waals surface area contributed by atoms with Gasteiger partial charge in [0.2, 0.25) is 0 Å². The van der Waals surface area contributed by atoms with Crippen LogP contribution in [0.25, 0.3) is 0 Å². The van der Waals surface area contributed by atoms with Gasteiger partial charge in [0.1, 0.15) is 13.2 Å². The van der Waals surface area contributed by atoms with Gasteiger partial charge in [0, 0.05) is 6.61 Å². The van der Waals surface area contributed by atoms with Gasteiger partial charge in [0.05, 0.1) is 0 Å². The first-order chi connectivity index (χ1) is 5.93. The lowest BCUT2D eigenvalue weighted by molar-refractivity contribution is -0.154. The molecule has 1 fully saturated rings. The first-order valence-electron chi connectivity index (χ1n) is 4.23. The highest BCUT2D eigenvalue weighted by molar-refractivity contribution is 4.98. The molecule has 0 spiro atoms. The third-order valence-electron chi connectivity index (χ3n) is 1.68. The Morgan fingerprint density at radius 1 is 1.42 bits per heavy atom. The van der Waals surface area contributed by atoms with Gasteiger partial charge in [0.25, 0.3) is 0 Å². The van der Waals surface area contributed by atoms with E-state index in [-0.39, 0.29) is 12.9 Å². The lowest BCUT2D eigenvalue weighted by atomic mass is 10.2. The summed E-state index contributed by atoms with van der Waals surface area (Å²) in [6, 6.07) is 0. The van der Waals surface area contributed by atoms with Crippen molar-refractivity contribution in [1.29, 1.82) is 0 Å². The minimum atomic E-state index is -0.102. The number of aliphatic hydroxyl groups excluding tert-OH is 1. The van der Waals surface area contributed by atoms with Crippen molar-refractivity contribution in [2.24, 2.45) is 0 Å². The van der Waals surface area contributed by atoms with Gasteiger partial charge in [-0.3, -0.25) is 0 Å². The minimum absolute atomic E-state index is 0.0771. The molecule has 1 saturated heterocycles. The first-order valence-corrected chi connectivity index (χ1v) is 4.23. The summed E-state index contributed by atoms with van der Waals surface area (Å²) in [6.45, 7) is 1.04. The fourth-order valence-electron chi connectivity index (χ4n) is 1.08. The Balaban J connectivity index is 2.05. The summed E-state index contributed by atoms with van der Waals surface area (Å²) in [5.74, 6) is 5.19. The van der Waals surface area contributed by atoms with Crippen LogP contribution in [0.4, 0.5) is 0 Å². The van der Waals surface area contributed by atoms with Gasteiger partial charge >= 0.3 is 0 Å². The molecule has 0 saturated carbocycles. The molecule has 0 bridgehead atoms. The summed E-state index contributed by atoms with van der Waals surface area (Å²) in [6.07, 6.45) is 3.17. The van der Waals surface area contributed by atoms with E-state index < -0.39 is 0 Å². The third-order valence-corrected chi connectivity index (χ3v) is 1.68. The molecule has 3 heteroatoms. The number of hydrogen-bond donors (Lipinski definition) is 1. The predicted molar refractivity (Wildman–Crippen MR) is 44.4 cm³/mol. The van der Waals surface area contributed by atoms with E-state index in [0.717, 1.165) is 25.9 Å². The zero-order valence-corrected chi connectivity index (χ0v) is 7.08. The van der Waals surface area contributed by atoms with Crippen molar-refractivity contribution in [2.45, 2.75) is 25.6 Å². The fourth-order valence-corrected chi connectivity index (χ4v) is 1.08. The van der Waals surface area contributed by atoms with Crippen LogP contribution in [0.5, 0.6) is 0 Å². The maximum atomic E-state index is 8.34. The molecule has 68 valence electrons. The lowest BCUT2D eigenvalue weighted by Crippen LogP contribution is -2.22. The number of ether oxygens (including phenoxy) is 2. The van der Waals surface area contributed by atoms with Crippen molar-refractivity contribution in [3.8, 4) is 11.8 Å². The van der Waals surface area contributed by atoms with Gasteiger partial charge in [-0.05, 0) is 19.3 Å². The second kappa shape index (κ2) is 6.01. The number of rotatable bonds is 2. The quantitative estimate of drug-likeness (QED) is 0.490. The third kappa shape index (κ3) is 3.72. The SMILES string of the molecule is O[13CH2][13C]#[13C][13CH2]OC1CCCCO1. The Hall–Kier alpha value is -0.560. The second-order valence-corrected chi connectivity index (χ2v) is 2.62. The lowest BCUT2D eigenvalue weighted by Gasteiger charge is -2.21. The maximum Gasteiger partial charge on any atom is 0.158 e. The first kappa shape index (κ1) is 9.53. The van der Waals surface area contributed by atoms with Gasteiger partial charge in [0.15, 0.2) is 6.29 Å². The Labute approximate surface area is 72.7 Å². The summed E-state index contributed by atoms with van der Waals surface area (Å²) in [5, 5.41) is 8.34. The maximum absolute atomic E-state index is 8.34. The summed E-state index contributed by atoms with van der Waals surface area (Å²) in [7, 11) is 0. The molecule has 1 aliphatic heterocycles. The standard InChI is InChI=1S/C9H14O3/c10-6-2-4-8-12-9-5-1-3-7-11-9/h9-10H,1,3,5-8H2/i2+1,4+1,6+1,8+1. The Bertz CT molecular complexity index is 162. The van der Waals surface area contributed by atoms with Crippen molar-refractivity contribution >= 4 is 0 Å². The molecule has 1 heterocycles. The smallest absolute Gasteiger partial charge is 0.158 e. The largest absolute Gasteiger partial charge is 0.384 e. The fraction of sp³-hybridized carbons (Fsp3) is 0.778. The Morgan fingerprint density at radius 2 is 2.33 bits per heavy atom. The van der Waals surface area contributed by atoms with Crippen molar-refractivity contribution in [1.82, 2.24) is 0 Å². The van der Waals surface area contributed by atoms with Crippen molar-refractivity contribution in [2.75, 3.05) is 19.8 Å². The number of aliphatic hydroxyl groups is 1. The van der Waals surface area contributed by atoms with Gasteiger partial charge in [-0.25, -0.2) is 0 Å². The van der Waals surface area contributed by atoms with E-state index >= 15 is 0 Å². The van der Waals surface area contributed by atoms with E-state index in [1.807, 2.05) is 0 Å². The molecule has 1 aliphatic rings. The van der Waals surface area contributed by atoms with Crippen LogP contribution >= 0.6 is 0 Å². The van der Waals surface area contributed by atoms with Crippen LogP contribution in [0.3, 0.4) is 0 Å². The average Bonchev–Trinajstić information content (AvgIpc) is 2.14. The van der Waals surface area contributed by atoms with E-state index in [4.69, 9.17) is 14.6 Å². The monoisotopic (exact) mass is 174 g/mol. The highest BCUT2D eigenvalue weighted by Gasteiger charge is 2.12. The topological polar surface area (TPSA) is 38.7 Å². The molecular formula is C9H14O3. The molecular weight excluding hydrogens is 160 g/mol. The normalized spacial score (nSPS) is 22.9. The predicted octanol–water partition coefficient (Wildman–Crippen LogP) is 0.525. The van der Waals surface area contributed by atoms with Crippen molar-refractivity contribution < 1.29 is 14.6 Å². The van der Waals surface area contributed by atoms with Gasteiger partial charge < -0.3 is 14.6 Å². The molecule has 1 N–H and O–H groups in total. The van der Waals surface area contributed by atoms with Crippen LogP contribution in [0, 0.1) is 11.8 Å². The van der Waals surface area contributed by atoms with E-state index in [1.54, 1.807) is 0 Å². The minimum Gasteiger partial charge on any atom is -0.384 e. The Morgan fingerprint density at radius 3 is 3.00 bits per heavy atom. The van der Waals surface area contributed by atoms with Crippen LogP contribution < -0.4 is 0 Å². The van der Waals surface area contributed by atoms with Gasteiger partial charge in [-0.15, -0.1) is 0 Å². The molecule has 0 aromatic carbocycles. The zero-order valence-electron chi connectivity index (χ0n) is 7.08. The number of hydrogen-bond acceptors (Lipinski definition) is 3. The van der Waals surface area contributed by atoms with E-state index in [0.29, 0.717) is 6.61 Å². The van der Waals surface area contributed by atoms with Crippen LogP contribution in [-0.2, 0) is 9.47 Å². The van der Waals surface area contributed by atoms with Crippen molar-refractivity contribution in [3.05, 3.63) is 0 Å². The average molecular weight is 174 g/mol. The highest BCUT2D eigenvalue weighted by Crippen LogP contribution is 2.12. The molecule has 0 radical (unpaired) electrons. The molecule has 0 aliphatic carbocycles. The molecule has 1 rings (SSSR count). The molecule has 12 heavy (non-hydrogen) atoms. The van der Waals surface area contributed by atoms with Crippen LogP contribution in [0.1, 0.15) is 19.3 Å². The summed E-state index contributed by atoms with van der Waals surface area (Å²) in [4.78, 5) is 0. The highest BCUT2D eigenvalue weighted by atomic mass is 16.7. The molecule has 0 aromatic heterocycles. The Kier molecular flexibility index (Phi) is 4.77.